The topological polar surface area (TPSA) is 75.6 Å². The first-order valence-corrected chi connectivity index (χ1v) is 11.4. The number of aromatic nitrogens is 4. The number of H-pyrrole nitrogens is 1. The van der Waals surface area contributed by atoms with Crippen molar-refractivity contribution in [2.45, 2.75) is 44.6 Å². The summed E-state index contributed by atoms with van der Waals surface area (Å²) in [6.45, 7) is 0. The van der Waals surface area contributed by atoms with Crippen LogP contribution in [0.1, 0.15) is 59.3 Å². The maximum atomic E-state index is 13.1. The summed E-state index contributed by atoms with van der Waals surface area (Å²) in [6.07, 6.45) is 8.31. The Morgan fingerprint density at radius 2 is 2.11 bits per heavy atom. The van der Waals surface area contributed by atoms with Gasteiger partial charge in [0.1, 0.15) is 5.82 Å². The van der Waals surface area contributed by atoms with E-state index < -0.39 is 0 Å². The standard InChI is InChI=1S/C21H27N5OS/c1-26-18-11-7-6-10-16(18)22-20(26)17(12-13-28-2)23-21(27)19-14-8-4-3-5-9-15(14)24-25-19/h6-7,10-11,17H,3-5,8-9,12-13H2,1-2H3,(H,23,27)(H,24,25)/t17-/m0/s1. The molecule has 0 aliphatic heterocycles. The highest BCUT2D eigenvalue weighted by atomic mass is 32.2. The number of thioether (sulfide) groups is 1. The number of fused-ring (bicyclic) bond motifs is 2. The number of amides is 1. The number of nitrogens with zero attached hydrogens (tertiary/aromatic N) is 3. The smallest absolute Gasteiger partial charge is 0.272 e. The molecule has 3 aromatic rings. The molecule has 6 nitrogen and oxygen atoms in total. The number of aryl methyl sites for hydroxylation is 2. The molecule has 0 saturated heterocycles. The van der Waals surface area contributed by atoms with E-state index in [0.717, 1.165) is 66.0 Å². The highest BCUT2D eigenvalue weighted by molar-refractivity contribution is 7.98. The van der Waals surface area contributed by atoms with Gasteiger partial charge in [-0.05, 0) is 56.2 Å². The number of carbonyl (C=O) groups excluding carboxylic acids is 1. The zero-order valence-electron chi connectivity index (χ0n) is 16.5. The second-order valence-electron chi connectivity index (χ2n) is 7.42. The van der Waals surface area contributed by atoms with E-state index >= 15 is 0 Å². The summed E-state index contributed by atoms with van der Waals surface area (Å²) < 4.78 is 2.09. The summed E-state index contributed by atoms with van der Waals surface area (Å²) in [5.41, 5.74) is 4.83. The lowest BCUT2D eigenvalue weighted by Crippen LogP contribution is -2.31. The third-order valence-electron chi connectivity index (χ3n) is 5.57. The Morgan fingerprint density at radius 3 is 2.93 bits per heavy atom. The monoisotopic (exact) mass is 397 g/mol. The summed E-state index contributed by atoms with van der Waals surface area (Å²) in [7, 11) is 2.02. The molecule has 7 heteroatoms. The zero-order chi connectivity index (χ0) is 19.5. The van der Waals surface area contributed by atoms with Crippen LogP contribution in [0.15, 0.2) is 24.3 Å². The molecule has 148 valence electrons. The average Bonchev–Trinajstić information content (AvgIpc) is 3.18. The highest BCUT2D eigenvalue weighted by Gasteiger charge is 2.25. The van der Waals surface area contributed by atoms with Crippen LogP contribution in [-0.4, -0.2) is 37.7 Å². The van der Waals surface area contributed by atoms with Gasteiger partial charge in [0.2, 0.25) is 0 Å². The molecule has 1 aromatic carbocycles. The molecule has 0 spiro atoms. The summed E-state index contributed by atoms with van der Waals surface area (Å²) in [4.78, 5) is 17.9. The lowest BCUT2D eigenvalue weighted by atomic mass is 10.1. The zero-order valence-corrected chi connectivity index (χ0v) is 17.3. The van der Waals surface area contributed by atoms with Crippen LogP contribution in [-0.2, 0) is 19.9 Å². The maximum absolute atomic E-state index is 13.1. The second-order valence-corrected chi connectivity index (χ2v) is 8.40. The van der Waals surface area contributed by atoms with Gasteiger partial charge in [0.05, 0.1) is 17.1 Å². The minimum absolute atomic E-state index is 0.0995. The number of hydrogen-bond acceptors (Lipinski definition) is 4. The van der Waals surface area contributed by atoms with Crippen molar-refractivity contribution in [2.75, 3.05) is 12.0 Å². The van der Waals surface area contributed by atoms with Gasteiger partial charge in [0.25, 0.3) is 5.91 Å². The Kier molecular flexibility index (Phi) is 5.71. The Labute approximate surface area is 169 Å². The third kappa shape index (κ3) is 3.68. The molecule has 4 rings (SSSR count). The fourth-order valence-electron chi connectivity index (χ4n) is 4.05. The number of hydrogen-bond donors (Lipinski definition) is 2. The molecule has 2 heterocycles. The molecule has 28 heavy (non-hydrogen) atoms. The van der Waals surface area contributed by atoms with E-state index in [1.807, 2.05) is 25.2 Å². The van der Waals surface area contributed by atoms with Gasteiger partial charge in [-0.25, -0.2) is 4.98 Å². The minimum atomic E-state index is -0.143. The Bertz CT molecular complexity index is 976. The Morgan fingerprint density at radius 1 is 1.29 bits per heavy atom. The summed E-state index contributed by atoms with van der Waals surface area (Å²) in [5.74, 6) is 1.75. The number of carbonyl (C=O) groups is 1. The Hall–Kier alpha value is -2.28. The molecule has 0 saturated carbocycles. The predicted octanol–water partition coefficient (Wildman–Crippen LogP) is 3.79. The van der Waals surface area contributed by atoms with E-state index in [1.165, 1.54) is 6.42 Å². The van der Waals surface area contributed by atoms with Crippen molar-refractivity contribution >= 4 is 28.7 Å². The minimum Gasteiger partial charge on any atom is -0.341 e. The first-order valence-electron chi connectivity index (χ1n) is 9.96. The van der Waals surface area contributed by atoms with Crippen molar-refractivity contribution in [3.63, 3.8) is 0 Å². The van der Waals surface area contributed by atoms with E-state index in [0.29, 0.717) is 5.69 Å². The lowest BCUT2D eigenvalue weighted by molar-refractivity contribution is 0.0927. The van der Waals surface area contributed by atoms with Crippen LogP contribution < -0.4 is 5.32 Å². The lowest BCUT2D eigenvalue weighted by Gasteiger charge is -2.18. The number of nitrogens with one attached hydrogen (secondary N) is 2. The van der Waals surface area contributed by atoms with Crippen LogP contribution in [0, 0.1) is 0 Å². The van der Waals surface area contributed by atoms with Gasteiger partial charge >= 0.3 is 0 Å². The van der Waals surface area contributed by atoms with E-state index in [9.17, 15) is 4.79 Å². The molecule has 0 radical (unpaired) electrons. The molecule has 1 aliphatic rings. The number of imidazole rings is 1. The van der Waals surface area contributed by atoms with Crippen LogP contribution in [0.2, 0.25) is 0 Å². The molecule has 1 amide bonds. The number of rotatable bonds is 6. The fourth-order valence-corrected chi connectivity index (χ4v) is 4.52. The predicted molar refractivity (Wildman–Crippen MR) is 114 cm³/mol. The molecular weight excluding hydrogens is 370 g/mol. The van der Waals surface area contributed by atoms with E-state index in [-0.39, 0.29) is 11.9 Å². The van der Waals surface area contributed by atoms with Gasteiger partial charge in [0.15, 0.2) is 5.69 Å². The number of para-hydroxylation sites is 2. The van der Waals surface area contributed by atoms with Crippen molar-refractivity contribution < 1.29 is 4.79 Å². The summed E-state index contributed by atoms with van der Waals surface area (Å²) in [5, 5.41) is 10.7. The molecule has 0 unspecified atom stereocenters. The van der Waals surface area contributed by atoms with Gasteiger partial charge in [0, 0.05) is 18.3 Å². The SMILES string of the molecule is CSCC[C@H](NC(=O)c1n[nH]c2c1CCCCC2)c1nc2ccccc2n1C. The van der Waals surface area contributed by atoms with E-state index in [4.69, 9.17) is 4.98 Å². The molecule has 0 bridgehead atoms. The normalized spacial score (nSPS) is 15.2. The van der Waals surface area contributed by atoms with Crippen LogP contribution in [0.3, 0.4) is 0 Å². The van der Waals surface area contributed by atoms with Gasteiger partial charge in [-0.3, -0.25) is 9.89 Å². The van der Waals surface area contributed by atoms with Crippen molar-refractivity contribution in [3.05, 3.63) is 47.0 Å². The summed E-state index contributed by atoms with van der Waals surface area (Å²) >= 11 is 1.78. The van der Waals surface area contributed by atoms with Crippen molar-refractivity contribution in [3.8, 4) is 0 Å². The first-order chi connectivity index (χ1) is 13.7. The largest absolute Gasteiger partial charge is 0.341 e. The molecule has 2 aromatic heterocycles. The van der Waals surface area contributed by atoms with Crippen LogP contribution in [0.4, 0.5) is 0 Å². The summed E-state index contributed by atoms with van der Waals surface area (Å²) in [6, 6.07) is 7.94. The molecular formula is C21H27N5OS. The van der Waals surface area contributed by atoms with Crippen LogP contribution in [0.5, 0.6) is 0 Å². The first kappa shape index (κ1) is 19.1. The third-order valence-corrected chi connectivity index (χ3v) is 6.21. The maximum Gasteiger partial charge on any atom is 0.272 e. The molecule has 1 aliphatic carbocycles. The fraction of sp³-hybridized carbons (Fsp3) is 0.476. The Balaban J connectivity index is 1.62. The van der Waals surface area contributed by atoms with Crippen molar-refractivity contribution in [2.24, 2.45) is 7.05 Å². The molecule has 0 fully saturated rings. The van der Waals surface area contributed by atoms with E-state index in [2.05, 4.69) is 32.4 Å². The van der Waals surface area contributed by atoms with E-state index in [1.54, 1.807) is 11.8 Å². The number of aromatic amines is 1. The van der Waals surface area contributed by atoms with Crippen LogP contribution >= 0.6 is 11.8 Å². The quantitative estimate of drug-likeness (QED) is 0.621. The number of benzene rings is 1. The van der Waals surface area contributed by atoms with Gasteiger partial charge in [-0.15, -0.1) is 0 Å². The van der Waals surface area contributed by atoms with Crippen LogP contribution in [0.25, 0.3) is 11.0 Å². The van der Waals surface area contributed by atoms with Gasteiger partial charge in [-0.1, -0.05) is 18.6 Å². The van der Waals surface area contributed by atoms with Crippen molar-refractivity contribution in [1.82, 2.24) is 25.1 Å². The van der Waals surface area contributed by atoms with Gasteiger partial charge in [-0.2, -0.15) is 16.9 Å². The van der Waals surface area contributed by atoms with Crippen molar-refractivity contribution in [1.29, 1.82) is 0 Å². The molecule has 2 N–H and O–H groups in total. The van der Waals surface area contributed by atoms with Gasteiger partial charge < -0.3 is 9.88 Å². The highest BCUT2D eigenvalue weighted by Crippen LogP contribution is 2.25. The molecule has 1 atom stereocenters. The average molecular weight is 398 g/mol. The second kappa shape index (κ2) is 8.39.